The lowest BCUT2D eigenvalue weighted by Gasteiger charge is -2.14. The monoisotopic (exact) mass is 289 g/mol. The second kappa shape index (κ2) is 5.82. The van der Waals surface area contributed by atoms with Crippen molar-refractivity contribution in [3.63, 3.8) is 0 Å². The maximum Gasteiger partial charge on any atom is 0.152 e. The van der Waals surface area contributed by atoms with Crippen LogP contribution in [0, 0.1) is 6.92 Å². The fourth-order valence-corrected chi connectivity index (χ4v) is 2.75. The van der Waals surface area contributed by atoms with Gasteiger partial charge in [-0.3, -0.25) is 9.59 Å². The molecule has 3 heteroatoms. The summed E-state index contributed by atoms with van der Waals surface area (Å²) in [7, 11) is 0. The number of benzene rings is 2. The molecule has 0 radical (unpaired) electrons. The molecule has 2 aromatic carbocycles. The Morgan fingerprint density at radius 3 is 2.14 bits per heavy atom. The third-order valence-corrected chi connectivity index (χ3v) is 3.69. The van der Waals surface area contributed by atoms with Crippen LogP contribution in [0.15, 0.2) is 60.7 Å². The minimum Gasteiger partial charge on any atom is -0.312 e. The van der Waals surface area contributed by atoms with Gasteiger partial charge in [0.15, 0.2) is 12.6 Å². The molecule has 0 bridgehead atoms. The van der Waals surface area contributed by atoms with Gasteiger partial charge in [0, 0.05) is 16.8 Å². The van der Waals surface area contributed by atoms with Gasteiger partial charge in [-0.15, -0.1) is 0 Å². The number of carbonyl (C=O) groups is 2. The van der Waals surface area contributed by atoms with Crippen LogP contribution in [-0.2, 0) is 0 Å². The normalized spacial score (nSPS) is 10.4. The van der Waals surface area contributed by atoms with E-state index < -0.39 is 0 Å². The highest BCUT2D eigenvalue weighted by Gasteiger charge is 2.17. The summed E-state index contributed by atoms with van der Waals surface area (Å²) in [5.41, 5.74) is 4.65. The van der Waals surface area contributed by atoms with E-state index in [0.29, 0.717) is 11.1 Å². The maximum absolute atomic E-state index is 11.5. The van der Waals surface area contributed by atoms with Gasteiger partial charge in [0.25, 0.3) is 0 Å². The van der Waals surface area contributed by atoms with Crippen molar-refractivity contribution in [2.75, 3.05) is 0 Å². The van der Waals surface area contributed by atoms with Crippen LogP contribution in [0.1, 0.15) is 26.4 Å². The minimum absolute atomic E-state index is 0.593. The number of aryl methyl sites for hydroxylation is 1. The lowest BCUT2D eigenvalue weighted by atomic mass is 10.1. The molecule has 0 aliphatic carbocycles. The van der Waals surface area contributed by atoms with E-state index in [0.717, 1.165) is 35.2 Å². The van der Waals surface area contributed by atoms with Crippen LogP contribution in [0.2, 0.25) is 0 Å². The van der Waals surface area contributed by atoms with E-state index in [9.17, 15) is 9.59 Å². The van der Waals surface area contributed by atoms with E-state index in [4.69, 9.17) is 0 Å². The van der Waals surface area contributed by atoms with Gasteiger partial charge >= 0.3 is 0 Å². The third kappa shape index (κ3) is 2.27. The minimum atomic E-state index is 0.593. The molecular weight excluding hydrogens is 274 g/mol. The van der Waals surface area contributed by atoms with Crippen LogP contribution >= 0.6 is 0 Å². The van der Waals surface area contributed by atoms with Crippen LogP contribution in [0.3, 0.4) is 0 Å². The molecule has 3 rings (SSSR count). The van der Waals surface area contributed by atoms with Gasteiger partial charge in [0.1, 0.15) is 0 Å². The first-order valence-corrected chi connectivity index (χ1v) is 7.03. The highest BCUT2D eigenvalue weighted by molar-refractivity contribution is 5.89. The van der Waals surface area contributed by atoms with E-state index in [1.165, 1.54) is 0 Å². The molecule has 0 unspecified atom stereocenters. The zero-order chi connectivity index (χ0) is 15.5. The molecule has 0 aliphatic heterocycles. The Kier molecular flexibility index (Phi) is 3.71. The van der Waals surface area contributed by atoms with Gasteiger partial charge in [-0.05, 0) is 30.7 Å². The van der Waals surface area contributed by atoms with Crippen molar-refractivity contribution < 1.29 is 9.59 Å². The summed E-state index contributed by atoms with van der Waals surface area (Å²) in [6.07, 6.45) is 1.69. The molecule has 0 saturated heterocycles. The molecular formula is C19H15NO2. The number of para-hydroxylation sites is 1. The highest BCUT2D eigenvalue weighted by atomic mass is 16.1. The van der Waals surface area contributed by atoms with Crippen LogP contribution in [0.25, 0.3) is 16.9 Å². The molecule has 0 N–H and O–H groups in total. The highest BCUT2D eigenvalue weighted by Crippen LogP contribution is 2.30. The summed E-state index contributed by atoms with van der Waals surface area (Å²) in [5, 5.41) is 0. The molecule has 22 heavy (non-hydrogen) atoms. The standard InChI is InChI=1S/C19H15NO2/c1-14-11-17(13-22)19(15-7-3-2-4-8-15)20(14)18-10-6-5-9-16(18)12-21/h2-13H,1H3. The molecule has 0 amide bonds. The van der Waals surface area contributed by atoms with E-state index in [2.05, 4.69) is 0 Å². The Morgan fingerprint density at radius 1 is 0.818 bits per heavy atom. The Balaban J connectivity index is 2.35. The van der Waals surface area contributed by atoms with Gasteiger partial charge in [0.05, 0.1) is 11.4 Å². The molecule has 3 aromatic rings. The summed E-state index contributed by atoms with van der Waals surface area (Å²) in [4.78, 5) is 22.8. The second-order valence-corrected chi connectivity index (χ2v) is 5.09. The van der Waals surface area contributed by atoms with Crippen molar-refractivity contribution >= 4 is 12.6 Å². The van der Waals surface area contributed by atoms with E-state index >= 15 is 0 Å². The second-order valence-electron chi connectivity index (χ2n) is 5.09. The van der Waals surface area contributed by atoms with E-state index in [1.807, 2.05) is 66.1 Å². The van der Waals surface area contributed by atoms with Crippen molar-refractivity contribution in [2.45, 2.75) is 6.92 Å². The zero-order valence-corrected chi connectivity index (χ0v) is 12.2. The van der Waals surface area contributed by atoms with Crippen LogP contribution in [-0.4, -0.2) is 17.1 Å². The molecule has 1 aromatic heterocycles. The summed E-state index contributed by atoms with van der Waals surface area (Å²) in [6, 6.07) is 18.9. The number of aldehydes is 2. The third-order valence-electron chi connectivity index (χ3n) is 3.69. The van der Waals surface area contributed by atoms with Crippen molar-refractivity contribution in [1.82, 2.24) is 4.57 Å². The first-order chi connectivity index (χ1) is 10.8. The Hall–Kier alpha value is -2.94. The summed E-state index contributed by atoms with van der Waals surface area (Å²) in [5.74, 6) is 0. The zero-order valence-electron chi connectivity index (χ0n) is 12.2. The number of hydrogen-bond acceptors (Lipinski definition) is 2. The van der Waals surface area contributed by atoms with E-state index in [1.54, 1.807) is 6.07 Å². The van der Waals surface area contributed by atoms with Crippen LogP contribution < -0.4 is 0 Å². The molecule has 3 nitrogen and oxygen atoms in total. The Morgan fingerprint density at radius 2 is 1.45 bits per heavy atom. The van der Waals surface area contributed by atoms with Crippen molar-refractivity contribution in [3.8, 4) is 16.9 Å². The quantitative estimate of drug-likeness (QED) is 0.679. The first kappa shape index (κ1) is 14.0. The number of nitrogens with zero attached hydrogens (tertiary/aromatic N) is 1. The summed E-state index contributed by atoms with van der Waals surface area (Å²) >= 11 is 0. The predicted octanol–water partition coefficient (Wildman–Crippen LogP) is 4.08. The number of hydrogen-bond donors (Lipinski definition) is 0. The molecule has 108 valence electrons. The van der Waals surface area contributed by atoms with Gasteiger partial charge in [-0.25, -0.2) is 0 Å². The van der Waals surface area contributed by atoms with Crippen molar-refractivity contribution in [2.24, 2.45) is 0 Å². The smallest absolute Gasteiger partial charge is 0.152 e. The van der Waals surface area contributed by atoms with Crippen LogP contribution in [0.5, 0.6) is 0 Å². The van der Waals surface area contributed by atoms with Crippen molar-refractivity contribution in [3.05, 3.63) is 77.5 Å². The maximum atomic E-state index is 11.5. The average molecular weight is 289 g/mol. The fraction of sp³-hybridized carbons (Fsp3) is 0.0526. The number of rotatable bonds is 4. The lowest BCUT2D eigenvalue weighted by molar-refractivity contribution is 0.111. The van der Waals surface area contributed by atoms with Gasteiger partial charge in [-0.1, -0.05) is 42.5 Å². The van der Waals surface area contributed by atoms with Gasteiger partial charge in [0.2, 0.25) is 0 Å². The average Bonchev–Trinajstić information content (AvgIpc) is 2.92. The largest absolute Gasteiger partial charge is 0.312 e. The molecule has 0 saturated carbocycles. The molecule has 0 spiro atoms. The predicted molar refractivity (Wildman–Crippen MR) is 86.7 cm³/mol. The van der Waals surface area contributed by atoms with E-state index in [-0.39, 0.29) is 0 Å². The topological polar surface area (TPSA) is 39.1 Å². The van der Waals surface area contributed by atoms with Gasteiger partial charge in [-0.2, -0.15) is 0 Å². The number of carbonyl (C=O) groups excluding carboxylic acids is 2. The van der Waals surface area contributed by atoms with Crippen LogP contribution in [0.4, 0.5) is 0 Å². The van der Waals surface area contributed by atoms with Crippen molar-refractivity contribution in [1.29, 1.82) is 0 Å². The summed E-state index contributed by atoms with van der Waals surface area (Å²) in [6.45, 7) is 1.93. The van der Waals surface area contributed by atoms with Gasteiger partial charge < -0.3 is 4.57 Å². The SMILES string of the molecule is Cc1cc(C=O)c(-c2ccccc2)n1-c1ccccc1C=O. The summed E-state index contributed by atoms with van der Waals surface area (Å²) < 4.78 is 1.96. The molecule has 0 fully saturated rings. The number of aromatic nitrogens is 1. The lowest BCUT2D eigenvalue weighted by Crippen LogP contribution is -2.03. The molecule has 0 aliphatic rings. The molecule has 1 heterocycles. The fourth-order valence-electron chi connectivity index (χ4n) is 2.75. The Bertz CT molecular complexity index is 832. The first-order valence-electron chi connectivity index (χ1n) is 7.03. The Labute approximate surface area is 128 Å². The molecule has 0 atom stereocenters.